The SMILES string of the molecule is CN(/N=C/Cc1ccco1)c1ccccc1. The monoisotopic (exact) mass is 214 g/mol. The van der Waals surface area contributed by atoms with E-state index in [0.717, 1.165) is 11.4 Å². The fraction of sp³-hybridized carbons (Fsp3) is 0.154. The van der Waals surface area contributed by atoms with Crippen molar-refractivity contribution in [3.05, 3.63) is 54.5 Å². The molecule has 1 aromatic heterocycles. The molecule has 3 nitrogen and oxygen atoms in total. The van der Waals surface area contributed by atoms with Crippen molar-refractivity contribution < 1.29 is 4.42 Å². The van der Waals surface area contributed by atoms with Crippen LogP contribution in [0.25, 0.3) is 0 Å². The van der Waals surface area contributed by atoms with Crippen LogP contribution >= 0.6 is 0 Å². The Bertz CT molecular complexity index is 434. The van der Waals surface area contributed by atoms with Crippen LogP contribution in [0.3, 0.4) is 0 Å². The summed E-state index contributed by atoms with van der Waals surface area (Å²) in [5, 5.41) is 6.15. The average molecular weight is 214 g/mol. The standard InChI is InChI=1S/C13H14N2O/c1-15(12-6-3-2-4-7-12)14-10-9-13-8-5-11-16-13/h2-8,10-11H,9H2,1H3/b14-10+. The van der Waals surface area contributed by atoms with Gasteiger partial charge in [0, 0.05) is 19.7 Å². The normalized spacial score (nSPS) is 10.8. The molecule has 0 amide bonds. The maximum Gasteiger partial charge on any atom is 0.109 e. The molecule has 1 aromatic carbocycles. The lowest BCUT2D eigenvalue weighted by Gasteiger charge is -2.11. The number of para-hydroxylation sites is 1. The first kappa shape index (κ1) is 10.5. The zero-order chi connectivity index (χ0) is 11.2. The maximum absolute atomic E-state index is 5.21. The second-order valence-electron chi connectivity index (χ2n) is 3.44. The first-order valence-electron chi connectivity index (χ1n) is 5.20. The smallest absolute Gasteiger partial charge is 0.109 e. The topological polar surface area (TPSA) is 28.7 Å². The quantitative estimate of drug-likeness (QED) is 0.578. The van der Waals surface area contributed by atoms with Crippen LogP contribution in [0.5, 0.6) is 0 Å². The van der Waals surface area contributed by atoms with Crippen LogP contribution in [-0.2, 0) is 6.42 Å². The second kappa shape index (κ2) is 5.16. The number of hydrogen-bond acceptors (Lipinski definition) is 3. The van der Waals surface area contributed by atoms with Crippen LogP contribution in [0.4, 0.5) is 5.69 Å². The van der Waals surface area contributed by atoms with Gasteiger partial charge in [-0.15, -0.1) is 0 Å². The second-order valence-corrected chi connectivity index (χ2v) is 3.44. The summed E-state index contributed by atoms with van der Waals surface area (Å²) in [4.78, 5) is 0. The highest BCUT2D eigenvalue weighted by molar-refractivity contribution is 5.62. The van der Waals surface area contributed by atoms with Gasteiger partial charge in [-0.1, -0.05) is 18.2 Å². The van der Waals surface area contributed by atoms with E-state index >= 15 is 0 Å². The van der Waals surface area contributed by atoms with Crippen LogP contribution < -0.4 is 5.01 Å². The van der Waals surface area contributed by atoms with Crippen molar-refractivity contribution in [3.8, 4) is 0 Å². The molecule has 0 atom stereocenters. The number of anilines is 1. The predicted molar refractivity (Wildman–Crippen MR) is 65.7 cm³/mol. The van der Waals surface area contributed by atoms with Gasteiger partial charge in [-0.25, -0.2) is 0 Å². The molecular weight excluding hydrogens is 200 g/mol. The molecular formula is C13H14N2O. The van der Waals surface area contributed by atoms with Gasteiger partial charge in [0.05, 0.1) is 12.0 Å². The van der Waals surface area contributed by atoms with Gasteiger partial charge >= 0.3 is 0 Å². The molecule has 1 heterocycles. The Hall–Kier alpha value is -2.03. The summed E-state index contributed by atoms with van der Waals surface area (Å²) in [6.07, 6.45) is 4.22. The molecule has 0 fully saturated rings. The summed E-state index contributed by atoms with van der Waals surface area (Å²) in [6.45, 7) is 0. The maximum atomic E-state index is 5.21. The lowest BCUT2D eigenvalue weighted by molar-refractivity contribution is 0.527. The van der Waals surface area contributed by atoms with Gasteiger partial charge in [-0.2, -0.15) is 5.10 Å². The average Bonchev–Trinajstić information content (AvgIpc) is 2.83. The number of furan rings is 1. The van der Waals surface area contributed by atoms with Gasteiger partial charge in [0.1, 0.15) is 5.76 Å². The highest BCUT2D eigenvalue weighted by Crippen LogP contribution is 2.10. The zero-order valence-corrected chi connectivity index (χ0v) is 9.21. The highest BCUT2D eigenvalue weighted by atomic mass is 16.3. The third-order valence-electron chi connectivity index (χ3n) is 2.26. The summed E-state index contributed by atoms with van der Waals surface area (Å²) in [5.41, 5.74) is 1.07. The Labute approximate surface area is 95.0 Å². The van der Waals surface area contributed by atoms with Gasteiger partial charge in [-0.05, 0) is 24.3 Å². The third kappa shape index (κ3) is 2.73. The molecule has 0 N–H and O–H groups in total. The largest absolute Gasteiger partial charge is 0.469 e. The van der Waals surface area contributed by atoms with E-state index in [4.69, 9.17) is 4.42 Å². The first-order valence-corrected chi connectivity index (χ1v) is 5.20. The highest BCUT2D eigenvalue weighted by Gasteiger charge is 1.95. The molecule has 82 valence electrons. The van der Waals surface area contributed by atoms with E-state index in [1.54, 1.807) is 6.26 Å². The van der Waals surface area contributed by atoms with E-state index in [-0.39, 0.29) is 0 Å². The van der Waals surface area contributed by atoms with Crippen LogP contribution in [0, 0.1) is 0 Å². The van der Waals surface area contributed by atoms with Gasteiger partial charge < -0.3 is 4.42 Å². The molecule has 0 unspecified atom stereocenters. The minimum absolute atomic E-state index is 0.712. The molecule has 2 rings (SSSR count). The lowest BCUT2D eigenvalue weighted by Crippen LogP contribution is -2.08. The molecule has 0 aliphatic rings. The first-order chi connectivity index (χ1) is 7.86. The van der Waals surface area contributed by atoms with Crippen molar-refractivity contribution >= 4 is 11.9 Å². The molecule has 0 bridgehead atoms. The fourth-order valence-corrected chi connectivity index (χ4v) is 1.39. The molecule has 0 spiro atoms. The number of hydrogen-bond donors (Lipinski definition) is 0. The van der Waals surface area contributed by atoms with E-state index in [1.807, 2.05) is 60.7 Å². The molecule has 0 aliphatic heterocycles. The number of rotatable bonds is 4. The van der Waals surface area contributed by atoms with Crippen molar-refractivity contribution in [2.45, 2.75) is 6.42 Å². The molecule has 2 aromatic rings. The van der Waals surface area contributed by atoms with Crippen LogP contribution in [-0.4, -0.2) is 13.3 Å². The van der Waals surface area contributed by atoms with Crippen molar-refractivity contribution in [3.63, 3.8) is 0 Å². The summed E-state index contributed by atoms with van der Waals surface area (Å²) in [6, 6.07) is 13.8. The Morgan fingerprint density at radius 3 is 2.69 bits per heavy atom. The predicted octanol–water partition coefficient (Wildman–Crippen LogP) is 2.94. The van der Waals surface area contributed by atoms with Crippen LogP contribution in [0.2, 0.25) is 0 Å². The Morgan fingerprint density at radius 2 is 2.00 bits per heavy atom. The summed E-state index contributed by atoms with van der Waals surface area (Å²) < 4.78 is 5.21. The number of nitrogens with zero attached hydrogens (tertiary/aromatic N) is 2. The third-order valence-corrected chi connectivity index (χ3v) is 2.26. The Balaban J connectivity index is 1.92. The van der Waals surface area contributed by atoms with E-state index < -0.39 is 0 Å². The Morgan fingerprint density at radius 1 is 1.19 bits per heavy atom. The van der Waals surface area contributed by atoms with E-state index in [9.17, 15) is 0 Å². The Kier molecular flexibility index (Phi) is 3.38. The van der Waals surface area contributed by atoms with Gasteiger partial charge in [-0.3, -0.25) is 5.01 Å². The fourth-order valence-electron chi connectivity index (χ4n) is 1.39. The van der Waals surface area contributed by atoms with Crippen molar-refractivity contribution in [2.75, 3.05) is 12.1 Å². The van der Waals surface area contributed by atoms with Crippen LogP contribution in [0.1, 0.15) is 5.76 Å². The van der Waals surface area contributed by atoms with Crippen molar-refractivity contribution in [1.82, 2.24) is 0 Å². The van der Waals surface area contributed by atoms with Gasteiger partial charge in [0.25, 0.3) is 0 Å². The van der Waals surface area contributed by atoms with Crippen LogP contribution in [0.15, 0.2) is 58.2 Å². The van der Waals surface area contributed by atoms with E-state index in [2.05, 4.69) is 5.10 Å². The lowest BCUT2D eigenvalue weighted by atomic mass is 10.3. The molecule has 0 radical (unpaired) electrons. The van der Waals surface area contributed by atoms with Gasteiger partial charge in [0.15, 0.2) is 0 Å². The van der Waals surface area contributed by atoms with Crippen molar-refractivity contribution in [1.29, 1.82) is 0 Å². The number of hydrazone groups is 1. The zero-order valence-electron chi connectivity index (χ0n) is 9.21. The molecule has 16 heavy (non-hydrogen) atoms. The molecule has 0 aliphatic carbocycles. The summed E-state index contributed by atoms with van der Waals surface area (Å²) >= 11 is 0. The van der Waals surface area contributed by atoms with E-state index in [0.29, 0.717) is 6.42 Å². The van der Waals surface area contributed by atoms with Crippen molar-refractivity contribution in [2.24, 2.45) is 5.10 Å². The number of benzene rings is 1. The minimum Gasteiger partial charge on any atom is -0.469 e. The van der Waals surface area contributed by atoms with E-state index in [1.165, 1.54) is 0 Å². The molecule has 0 saturated carbocycles. The summed E-state index contributed by atoms with van der Waals surface area (Å²) in [7, 11) is 1.92. The molecule has 3 heteroatoms. The molecule has 0 saturated heterocycles. The minimum atomic E-state index is 0.712. The van der Waals surface area contributed by atoms with Gasteiger partial charge in [0.2, 0.25) is 0 Å². The summed E-state index contributed by atoms with van der Waals surface area (Å²) in [5.74, 6) is 0.921.